The van der Waals surface area contributed by atoms with Gasteiger partial charge in [-0.05, 0) is 67.3 Å². The molecule has 32 heavy (non-hydrogen) atoms. The molecule has 0 saturated heterocycles. The number of aromatic hydroxyl groups is 1. The number of anilines is 1. The van der Waals surface area contributed by atoms with E-state index in [0.717, 1.165) is 6.42 Å². The zero-order chi connectivity index (χ0) is 23.9. The highest BCUT2D eigenvalue weighted by Crippen LogP contribution is 2.29. The number of carbonyl (C=O) groups is 3. The third kappa shape index (κ3) is 6.81. The van der Waals surface area contributed by atoms with E-state index in [0.29, 0.717) is 36.2 Å². The monoisotopic (exact) mass is 441 g/mol. The van der Waals surface area contributed by atoms with Crippen LogP contribution in [-0.2, 0) is 9.59 Å². The predicted molar refractivity (Wildman–Crippen MR) is 123 cm³/mol. The Hall–Kier alpha value is -3.39. The third-order valence-electron chi connectivity index (χ3n) is 4.92. The number of nitrogens with one attached hydrogen (secondary N) is 2. The molecule has 0 aliphatic rings. The molecular formula is C24H31N3O5. The molecule has 2 aromatic carbocycles. The lowest BCUT2D eigenvalue weighted by Crippen LogP contribution is -2.47. The van der Waals surface area contributed by atoms with Crippen molar-refractivity contribution in [3.05, 3.63) is 48.0 Å². The molecule has 0 aliphatic heterocycles. The number of phenolic OH excluding ortho intramolecular Hbond substituents is 1. The Morgan fingerprint density at radius 3 is 2.38 bits per heavy atom. The van der Waals surface area contributed by atoms with E-state index >= 15 is 0 Å². The average Bonchev–Trinajstić information content (AvgIpc) is 2.72. The van der Waals surface area contributed by atoms with Crippen LogP contribution in [0.3, 0.4) is 0 Å². The Morgan fingerprint density at radius 2 is 1.78 bits per heavy atom. The van der Waals surface area contributed by atoms with Crippen molar-refractivity contribution >= 4 is 23.5 Å². The number of rotatable bonds is 9. The third-order valence-corrected chi connectivity index (χ3v) is 4.92. The van der Waals surface area contributed by atoms with E-state index in [1.54, 1.807) is 39.0 Å². The van der Waals surface area contributed by atoms with Gasteiger partial charge in [-0.15, -0.1) is 0 Å². The molecule has 0 aliphatic carbocycles. The summed E-state index contributed by atoms with van der Waals surface area (Å²) in [7, 11) is 0. The van der Waals surface area contributed by atoms with Crippen molar-refractivity contribution in [2.45, 2.75) is 46.1 Å². The summed E-state index contributed by atoms with van der Waals surface area (Å²) in [5, 5.41) is 24.9. The SMILES string of the molecule is CC(C)(C)C(=O)N[C@@H](CCCCN)C(=O)Nc1ccc(C(=O)O)c(-c2cccc(O)c2)c1. The molecule has 2 amide bonds. The number of carbonyl (C=O) groups excluding carboxylic acids is 2. The normalized spacial score (nSPS) is 12.1. The quantitative estimate of drug-likeness (QED) is 0.378. The second-order valence-corrected chi connectivity index (χ2v) is 8.67. The minimum absolute atomic E-state index is 0.00172. The Morgan fingerprint density at radius 1 is 1.06 bits per heavy atom. The van der Waals surface area contributed by atoms with E-state index in [-0.39, 0.29) is 17.2 Å². The summed E-state index contributed by atoms with van der Waals surface area (Å²) < 4.78 is 0. The lowest BCUT2D eigenvalue weighted by Gasteiger charge is -2.24. The summed E-state index contributed by atoms with van der Waals surface area (Å²) in [5.41, 5.74) is 6.17. The highest BCUT2D eigenvalue weighted by molar-refractivity contribution is 6.01. The van der Waals surface area contributed by atoms with E-state index in [4.69, 9.17) is 5.73 Å². The van der Waals surface area contributed by atoms with Gasteiger partial charge in [0.05, 0.1) is 5.56 Å². The van der Waals surface area contributed by atoms with Crippen LogP contribution in [0.25, 0.3) is 11.1 Å². The Bertz CT molecular complexity index is 982. The topological polar surface area (TPSA) is 142 Å². The van der Waals surface area contributed by atoms with E-state index < -0.39 is 23.3 Å². The highest BCUT2D eigenvalue weighted by Gasteiger charge is 2.27. The second-order valence-electron chi connectivity index (χ2n) is 8.67. The maximum Gasteiger partial charge on any atom is 0.336 e. The molecule has 0 aromatic heterocycles. The summed E-state index contributed by atoms with van der Waals surface area (Å²) in [6, 6.07) is 9.90. The number of benzene rings is 2. The molecule has 172 valence electrons. The van der Waals surface area contributed by atoms with Crippen LogP contribution in [0.5, 0.6) is 5.75 Å². The first-order valence-corrected chi connectivity index (χ1v) is 10.5. The zero-order valence-electron chi connectivity index (χ0n) is 18.6. The zero-order valence-corrected chi connectivity index (χ0v) is 18.6. The van der Waals surface area contributed by atoms with Crippen LogP contribution in [0.1, 0.15) is 50.4 Å². The molecule has 6 N–H and O–H groups in total. The first kappa shape index (κ1) is 24.9. The van der Waals surface area contributed by atoms with Crippen LogP contribution in [0.2, 0.25) is 0 Å². The molecule has 0 spiro atoms. The number of nitrogens with two attached hydrogens (primary N) is 1. The van der Waals surface area contributed by atoms with Crippen LogP contribution in [-0.4, -0.2) is 40.6 Å². The van der Waals surface area contributed by atoms with Gasteiger partial charge in [0.25, 0.3) is 0 Å². The second kappa shape index (κ2) is 10.8. The molecule has 8 nitrogen and oxygen atoms in total. The van der Waals surface area contributed by atoms with Crippen molar-refractivity contribution in [3.63, 3.8) is 0 Å². The number of carboxylic acids is 1. The standard InChI is InChI=1S/C24H31N3O5/c1-24(2,3)23(32)27-20(9-4-5-12-25)21(29)26-16-10-11-18(22(30)31)19(14-16)15-7-6-8-17(28)13-15/h6-8,10-11,13-14,20,28H,4-5,9,12,25H2,1-3H3,(H,26,29)(H,27,32)(H,30,31)/t20-/m0/s1. The first-order valence-electron chi connectivity index (χ1n) is 10.5. The number of phenols is 1. The Kier molecular flexibility index (Phi) is 8.37. The number of amides is 2. The number of hydrogen-bond donors (Lipinski definition) is 5. The van der Waals surface area contributed by atoms with Gasteiger partial charge in [0.1, 0.15) is 11.8 Å². The Labute approximate surface area is 187 Å². The minimum Gasteiger partial charge on any atom is -0.508 e. The molecule has 8 heteroatoms. The smallest absolute Gasteiger partial charge is 0.336 e. The van der Waals surface area contributed by atoms with Crippen molar-refractivity contribution in [1.29, 1.82) is 0 Å². The van der Waals surface area contributed by atoms with Crippen molar-refractivity contribution < 1.29 is 24.6 Å². The van der Waals surface area contributed by atoms with E-state index in [9.17, 15) is 24.6 Å². The summed E-state index contributed by atoms with van der Waals surface area (Å²) in [4.78, 5) is 37.1. The van der Waals surface area contributed by atoms with Gasteiger partial charge in [-0.25, -0.2) is 4.79 Å². The highest BCUT2D eigenvalue weighted by atomic mass is 16.4. The number of aromatic carboxylic acids is 1. The van der Waals surface area contributed by atoms with Gasteiger partial charge in [-0.3, -0.25) is 9.59 Å². The van der Waals surface area contributed by atoms with Crippen LogP contribution >= 0.6 is 0 Å². The first-order chi connectivity index (χ1) is 15.0. The molecular weight excluding hydrogens is 410 g/mol. The number of hydrogen-bond acceptors (Lipinski definition) is 5. The van der Waals surface area contributed by atoms with Gasteiger partial charge in [0, 0.05) is 11.1 Å². The largest absolute Gasteiger partial charge is 0.508 e. The van der Waals surface area contributed by atoms with E-state index in [1.165, 1.54) is 24.3 Å². The molecule has 0 saturated carbocycles. The van der Waals surface area contributed by atoms with Crippen LogP contribution < -0.4 is 16.4 Å². The average molecular weight is 442 g/mol. The maximum atomic E-state index is 13.0. The predicted octanol–water partition coefficient (Wildman–Crippen LogP) is 3.36. The molecule has 0 bridgehead atoms. The molecule has 0 fully saturated rings. The fourth-order valence-electron chi connectivity index (χ4n) is 3.09. The van der Waals surface area contributed by atoms with Crippen molar-refractivity contribution in [2.75, 3.05) is 11.9 Å². The fourth-order valence-corrected chi connectivity index (χ4v) is 3.09. The summed E-state index contributed by atoms with van der Waals surface area (Å²) in [6.07, 6.45) is 1.83. The fraction of sp³-hybridized carbons (Fsp3) is 0.375. The minimum atomic E-state index is -1.13. The van der Waals surface area contributed by atoms with Gasteiger partial charge >= 0.3 is 5.97 Å². The van der Waals surface area contributed by atoms with Gasteiger partial charge in [-0.1, -0.05) is 32.9 Å². The van der Waals surface area contributed by atoms with Crippen molar-refractivity contribution in [1.82, 2.24) is 5.32 Å². The number of carboxylic acid groups (broad SMARTS) is 1. The van der Waals surface area contributed by atoms with Crippen LogP contribution in [0, 0.1) is 5.41 Å². The molecule has 1 atom stereocenters. The molecule has 0 radical (unpaired) electrons. The van der Waals surface area contributed by atoms with Gasteiger partial charge in [-0.2, -0.15) is 0 Å². The Balaban J connectivity index is 2.31. The lowest BCUT2D eigenvalue weighted by atomic mass is 9.94. The molecule has 2 aromatic rings. The number of unbranched alkanes of at least 4 members (excludes halogenated alkanes) is 1. The van der Waals surface area contributed by atoms with E-state index in [2.05, 4.69) is 10.6 Å². The van der Waals surface area contributed by atoms with E-state index in [1.807, 2.05) is 0 Å². The van der Waals surface area contributed by atoms with Crippen LogP contribution in [0.4, 0.5) is 5.69 Å². The van der Waals surface area contributed by atoms with Crippen molar-refractivity contribution in [3.8, 4) is 16.9 Å². The van der Waals surface area contributed by atoms with Gasteiger partial charge < -0.3 is 26.6 Å². The maximum absolute atomic E-state index is 13.0. The van der Waals surface area contributed by atoms with Gasteiger partial charge in [0.2, 0.25) is 11.8 Å². The molecule has 0 heterocycles. The van der Waals surface area contributed by atoms with Gasteiger partial charge in [0.15, 0.2) is 0 Å². The van der Waals surface area contributed by atoms with Crippen molar-refractivity contribution in [2.24, 2.45) is 11.1 Å². The summed E-state index contributed by atoms with van der Waals surface area (Å²) >= 11 is 0. The van der Waals surface area contributed by atoms with Crippen LogP contribution in [0.15, 0.2) is 42.5 Å². The lowest BCUT2D eigenvalue weighted by molar-refractivity contribution is -0.132. The summed E-state index contributed by atoms with van der Waals surface area (Å²) in [5.74, 6) is -1.77. The molecule has 2 rings (SSSR count). The summed E-state index contributed by atoms with van der Waals surface area (Å²) in [6.45, 7) is 5.79. The molecule has 0 unspecified atom stereocenters.